The van der Waals surface area contributed by atoms with Gasteiger partial charge in [0.2, 0.25) is 0 Å². The highest BCUT2D eigenvalue weighted by atomic mass is 16.5. The van der Waals surface area contributed by atoms with Crippen molar-refractivity contribution in [2.45, 2.75) is 48.0 Å². The number of hydrogen-bond acceptors (Lipinski definition) is 1. The van der Waals surface area contributed by atoms with Crippen LogP contribution in [0.5, 0.6) is 0 Å². The van der Waals surface area contributed by atoms with Crippen LogP contribution in [0.3, 0.4) is 0 Å². The summed E-state index contributed by atoms with van der Waals surface area (Å²) in [5, 5.41) is 0. The predicted molar refractivity (Wildman–Crippen MR) is 56.5 cm³/mol. The minimum Gasteiger partial charge on any atom is -0.381 e. The van der Waals surface area contributed by atoms with Crippen LogP contribution in [-0.2, 0) is 4.74 Å². The molecule has 1 aliphatic heterocycles. The fourth-order valence-electron chi connectivity index (χ4n) is 1.44. The van der Waals surface area contributed by atoms with E-state index in [-0.39, 0.29) is 7.43 Å². The summed E-state index contributed by atoms with van der Waals surface area (Å²) in [5.74, 6) is 1.67. The van der Waals surface area contributed by atoms with Gasteiger partial charge in [0.25, 0.3) is 0 Å². The van der Waals surface area contributed by atoms with Crippen molar-refractivity contribution >= 4 is 0 Å². The molecule has 1 rings (SSSR count). The van der Waals surface area contributed by atoms with E-state index in [1.165, 1.54) is 12.8 Å². The zero-order chi connectivity index (χ0) is 8.69. The molecule has 1 fully saturated rings. The van der Waals surface area contributed by atoms with Gasteiger partial charge in [-0.1, -0.05) is 41.5 Å². The first-order valence-electron chi connectivity index (χ1n) is 4.92. The Hall–Kier alpha value is -0.0400. The molecule has 76 valence electrons. The Morgan fingerprint density at radius 3 is 2.17 bits per heavy atom. The molecular weight excluding hydrogens is 148 g/mol. The fourth-order valence-corrected chi connectivity index (χ4v) is 1.44. The zero-order valence-corrected chi connectivity index (χ0v) is 8.39. The first-order valence-corrected chi connectivity index (χ1v) is 4.92. The predicted octanol–water partition coefficient (Wildman–Crippen LogP) is 3.73. The highest BCUT2D eigenvalue weighted by molar-refractivity contribution is 4.70. The van der Waals surface area contributed by atoms with Crippen LogP contribution >= 0.6 is 0 Å². The Labute approximate surface area is 78.5 Å². The summed E-state index contributed by atoms with van der Waals surface area (Å²) < 4.78 is 5.32. The summed E-state index contributed by atoms with van der Waals surface area (Å²) in [6.07, 6.45) is 2.65. The molecule has 0 radical (unpaired) electrons. The van der Waals surface area contributed by atoms with E-state index in [1.54, 1.807) is 0 Å². The van der Waals surface area contributed by atoms with E-state index in [2.05, 4.69) is 13.8 Å². The van der Waals surface area contributed by atoms with Crippen LogP contribution in [0.1, 0.15) is 48.0 Å². The third kappa shape index (κ3) is 4.76. The van der Waals surface area contributed by atoms with E-state index in [4.69, 9.17) is 4.74 Å². The molecule has 2 unspecified atom stereocenters. The van der Waals surface area contributed by atoms with Crippen LogP contribution in [0.15, 0.2) is 0 Å². The molecule has 0 aromatic rings. The van der Waals surface area contributed by atoms with Gasteiger partial charge in [-0.15, -0.1) is 0 Å². The van der Waals surface area contributed by atoms with Crippen molar-refractivity contribution in [3.8, 4) is 0 Å². The van der Waals surface area contributed by atoms with Gasteiger partial charge in [0, 0.05) is 13.2 Å². The first kappa shape index (κ1) is 14.5. The largest absolute Gasteiger partial charge is 0.381 e. The summed E-state index contributed by atoms with van der Waals surface area (Å²) >= 11 is 0. The molecule has 1 saturated heterocycles. The highest BCUT2D eigenvalue weighted by Gasteiger charge is 2.22. The Kier molecular flexibility index (Phi) is 10.9. The summed E-state index contributed by atoms with van der Waals surface area (Å²) in [6.45, 7) is 10.5. The van der Waals surface area contributed by atoms with E-state index in [9.17, 15) is 0 Å². The number of hydrogen-bond donors (Lipinski definition) is 0. The van der Waals surface area contributed by atoms with Gasteiger partial charge in [-0.05, 0) is 18.3 Å². The van der Waals surface area contributed by atoms with Crippen molar-refractivity contribution in [2.75, 3.05) is 13.2 Å². The van der Waals surface area contributed by atoms with Crippen molar-refractivity contribution in [1.82, 2.24) is 0 Å². The molecule has 0 aromatic carbocycles. The van der Waals surface area contributed by atoms with Crippen LogP contribution in [0.4, 0.5) is 0 Å². The fraction of sp³-hybridized carbons (Fsp3) is 1.00. The van der Waals surface area contributed by atoms with Gasteiger partial charge in [0.05, 0.1) is 0 Å². The standard InChI is InChI=1S/C8H16O.C2H6.CH4/c1-3-4-8-6-9-5-7(8)2;1-2;/h7-8H,3-6H2,1-2H3;1-2H3;1H4. The minimum absolute atomic E-state index is 0. The maximum atomic E-state index is 5.32. The van der Waals surface area contributed by atoms with E-state index < -0.39 is 0 Å². The van der Waals surface area contributed by atoms with Crippen LogP contribution in [0, 0.1) is 11.8 Å². The normalized spacial score (nSPS) is 27.0. The molecule has 1 aliphatic rings. The number of ether oxygens (including phenoxy) is 1. The van der Waals surface area contributed by atoms with Crippen LogP contribution < -0.4 is 0 Å². The smallest absolute Gasteiger partial charge is 0.0497 e. The van der Waals surface area contributed by atoms with Gasteiger partial charge in [-0.25, -0.2) is 0 Å². The second kappa shape index (κ2) is 9.05. The average molecular weight is 174 g/mol. The molecule has 1 nitrogen and oxygen atoms in total. The van der Waals surface area contributed by atoms with Gasteiger partial charge in [0.15, 0.2) is 0 Å². The summed E-state index contributed by atoms with van der Waals surface area (Å²) in [5.41, 5.74) is 0. The van der Waals surface area contributed by atoms with Crippen molar-refractivity contribution in [1.29, 1.82) is 0 Å². The number of rotatable bonds is 2. The van der Waals surface area contributed by atoms with Gasteiger partial charge in [-0.3, -0.25) is 0 Å². The van der Waals surface area contributed by atoms with Crippen molar-refractivity contribution < 1.29 is 4.74 Å². The monoisotopic (exact) mass is 174 g/mol. The molecule has 0 spiro atoms. The summed E-state index contributed by atoms with van der Waals surface area (Å²) in [4.78, 5) is 0. The summed E-state index contributed by atoms with van der Waals surface area (Å²) in [7, 11) is 0. The molecule has 0 bridgehead atoms. The maximum absolute atomic E-state index is 5.32. The van der Waals surface area contributed by atoms with Crippen molar-refractivity contribution in [2.24, 2.45) is 11.8 Å². The van der Waals surface area contributed by atoms with Crippen LogP contribution in [-0.4, -0.2) is 13.2 Å². The Morgan fingerprint density at radius 2 is 1.83 bits per heavy atom. The second-order valence-electron chi connectivity index (χ2n) is 3.06. The molecule has 12 heavy (non-hydrogen) atoms. The van der Waals surface area contributed by atoms with E-state index in [0.29, 0.717) is 0 Å². The first-order chi connectivity index (χ1) is 5.34. The molecule has 0 aliphatic carbocycles. The molecule has 0 aromatic heterocycles. The van der Waals surface area contributed by atoms with E-state index in [0.717, 1.165) is 25.0 Å². The van der Waals surface area contributed by atoms with E-state index >= 15 is 0 Å². The quantitative estimate of drug-likeness (QED) is 0.620. The second-order valence-corrected chi connectivity index (χ2v) is 3.06. The molecule has 0 amide bonds. The Bertz CT molecular complexity index is 81.1. The SMILES string of the molecule is C.CC.CCCC1COCC1C. The van der Waals surface area contributed by atoms with Gasteiger partial charge >= 0.3 is 0 Å². The van der Waals surface area contributed by atoms with Crippen LogP contribution in [0.2, 0.25) is 0 Å². The van der Waals surface area contributed by atoms with Crippen molar-refractivity contribution in [3.05, 3.63) is 0 Å². The van der Waals surface area contributed by atoms with Crippen molar-refractivity contribution in [3.63, 3.8) is 0 Å². The lowest BCUT2D eigenvalue weighted by atomic mass is 9.94. The maximum Gasteiger partial charge on any atom is 0.0497 e. The zero-order valence-electron chi connectivity index (χ0n) is 8.39. The van der Waals surface area contributed by atoms with Gasteiger partial charge < -0.3 is 4.74 Å². The lowest BCUT2D eigenvalue weighted by molar-refractivity contribution is 0.180. The van der Waals surface area contributed by atoms with Crippen LogP contribution in [0.25, 0.3) is 0 Å². The lowest BCUT2D eigenvalue weighted by Crippen LogP contribution is -2.07. The van der Waals surface area contributed by atoms with E-state index in [1.807, 2.05) is 13.8 Å². The molecular formula is C11H26O. The average Bonchev–Trinajstić information content (AvgIpc) is 2.42. The third-order valence-electron chi connectivity index (χ3n) is 2.18. The Morgan fingerprint density at radius 1 is 1.25 bits per heavy atom. The lowest BCUT2D eigenvalue weighted by Gasteiger charge is -2.09. The summed E-state index contributed by atoms with van der Waals surface area (Å²) in [6, 6.07) is 0. The Balaban J connectivity index is 0. The third-order valence-corrected chi connectivity index (χ3v) is 2.18. The molecule has 0 N–H and O–H groups in total. The molecule has 1 heterocycles. The molecule has 2 atom stereocenters. The molecule has 0 saturated carbocycles. The highest BCUT2D eigenvalue weighted by Crippen LogP contribution is 2.23. The minimum atomic E-state index is 0. The topological polar surface area (TPSA) is 9.23 Å². The van der Waals surface area contributed by atoms with Gasteiger partial charge in [0.1, 0.15) is 0 Å². The molecule has 1 heteroatoms. The van der Waals surface area contributed by atoms with Gasteiger partial charge in [-0.2, -0.15) is 0 Å².